The molecule has 2 aromatic rings. The van der Waals surface area contributed by atoms with Crippen molar-refractivity contribution in [1.82, 2.24) is 9.62 Å². The van der Waals surface area contributed by atoms with Crippen LogP contribution in [0.1, 0.15) is 60.8 Å². The first-order valence-electron chi connectivity index (χ1n) is 14.7. The Morgan fingerprint density at radius 1 is 1.02 bits per heavy atom. The quantitative estimate of drug-likeness (QED) is 0.447. The standard InChI is InChI=1S/C30H36F3N3O6S2/c1-20-17-26(43(39,40)19-21-5-8-25(37)9-6-21)10-7-22(20)11-16-44(41,42)36-14-12-29(13-15-36)28(38)34-27(35-29)23-3-2-4-24(18-23)30(31,32)33/h2-4,7,10,17-18,21,25,37H,5-6,8-9,11-16,19H2,1H3,(H,34,35,38). The van der Waals surface area contributed by atoms with Crippen molar-refractivity contribution in [2.45, 2.75) is 74.6 Å². The Balaban J connectivity index is 1.20. The Morgan fingerprint density at radius 2 is 1.70 bits per heavy atom. The van der Waals surface area contributed by atoms with E-state index >= 15 is 0 Å². The van der Waals surface area contributed by atoms with Gasteiger partial charge in [0, 0.05) is 18.7 Å². The minimum absolute atomic E-state index is 0.00498. The van der Waals surface area contributed by atoms with Crippen LogP contribution in [0.2, 0.25) is 0 Å². The maximum Gasteiger partial charge on any atom is 0.416 e. The van der Waals surface area contributed by atoms with Gasteiger partial charge in [0.1, 0.15) is 11.4 Å². The van der Waals surface area contributed by atoms with Crippen LogP contribution in [0.4, 0.5) is 13.2 Å². The molecule has 1 saturated heterocycles. The van der Waals surface area contributed by atoms with Crippen molar-refractivity contribution >= 4 is 31.6 Å². The number of hydrogen-bond donors (Lipinski definition) is 2. The first kappa shape index (κ1) is 32.6. The first-order valence-corrected chi connectivity index (χ1v) is 17.9. The molecule has 44 heavy (non-hydrogen) atoms. The Hall–Kier alpha value is -2.81. The summed E-state index contributed by atoms with van der Waals surface area (Å²) in [5, 5.41) is 12.3. The number of nitrogens with zero attached hydrogens (tertiary/aromatic N) is 2. The number of benzene rings is 2. The number of carbonyl (C=O) groups excluding carboxylic acids is 1. The van der Waals surface area contributed by atoms with Crippen molar-refractivity contribution in [2.75, 3.05) is 24.6 Å². The summed E-state index contributed by atoms with van der Waals surface area (Å²) in [6, 6.07) is 9.28. The molecular formula is C30H36F3N3O6S2. The zero-order valence-corrected chi connectivity index (χ0v) is 25.9. The first-order chi connectivity index (χ1) is 20.6. The molecule has 2 aliphatic heterocycles. The monoisotopic (exact) mass is 655 g/mol. The van der Waals surface area contributed by atoms with E-state index in [0.717, 1.165) is 12.1 Å². The molecule has 2 heterocycles. The number of carbonyl (C=O) groups is 1. The highest BCUT2D eigenvalue weighted by Gasteiger charge is 2.47. The number of aliphatic hydroxyl groups excluding tert-OH is 1. The lowest BCUT2D eigenvalue weighted by Gasteiger charge is -2.34. The summed E-state index contributed by atoms with van der Waals surface area (Å²) in [5.41, 5.74) is -0.584. The molecule has 0 atom stereocenters. The second-order valence-electron chi connectivity index (χ2n) is 12.0. The molecule has 0 bridgehead atoms. The van der Waals surface area contributed by atoms with Crippen molar-refractivity contribution in [2.24, 2.45) is 10.9 Å². The van der Waals surface area contributed by atoms with Gasteiger partial charge in [-0.3, -0.25) is 9.79 Å². The minimum Gasteiger partial charge on any atom is -0.393 e. The highest BCUT2D eigenvalue weighted by molar-refractivity contribution is 7.91. The second-order valence-corrected chi connectivity index (χ2v) is 16.2. The van der Waals surface area contributed by atoms with E-state index in [1.165, 1.54) is 22.5 Å². The third-order valence-electron chi connectivity index (χ3n) is 8.96. The third-order valence-corrected chi connectivity index (χ3v) is 12.7. The van der Waals surface area contributed by atoms with Crippen LogP contribution in [0.5, 0.6) is 0 Å². The third kappa shape index (κ3) is 7.03. The van der Waals surface area contributed by atoms with Gasteiger partial charge in [-0.2, -0.15) is 13.2 Å². The number of nitrogens with one attached hydrogen (secondary N) is 1. The maximum absolute atomic E-state index is 13.2. The fourth-order valence-corrected chi connectivity index (χ4v) is 9.45. The normalized spacial score (nSPS) is 23.0. The number of alkyl halides is 3. The van der Waals surface area contributed by atoms with Gasteiger partial charge in [0.05, 0.1) is 28.1 Å². The molecule has 0 unspecified atom stereocenters. The van der Waals surface area contributed by atoms with Crippen molar-refractivity contribution in [3.8, 4) is 0 Å². The van der Waals surface area contributed by atoms with Gasteiger partial charge in [-0.1, -0.05) is 18.2 Å². The van der Waals surface area contributed by atoms with Crippen molar-refractivity contribution in [3.63, 3.8) is 0 Å². The number of sulfonamides is 1. The van der Waals surface area contributed by atoms with E-state index in [0.29, 0.717) is 36.8 Å². The van der Waals surface area contributed by atoms with Gasteiger partial charge < -0.3 is 10.4 Å². The Labute approximate surface area is 255 Å². The summed E-state index contributed by atoms with van der Waals surface area (Å²) in [4.78, 5) is 17.5. The van der Waals surface area contributed by atoms with Crippen molar-refractivity contribution in [1.29, 1.82) is 0 Å². The smallest absolute Gasteiger partial charge is 0.393 e. The predicted molar refractivity (Wildman–Crippen MR) is 158 cm³/mol. The van der Waals surface area contributed by atoms with Crippen LogP contribution in [0, 0.1) is 12.8 Å². The highest BCUT2D eigenvalue weighted by Crippen LogP contribution is 2.34. The fraction of sp³-hybridized carbons (Fsp3) is 0.533. The number of sulfone groups is 1. The largest absolute Gasteiger partial charge is 0.416 e. The lowest BCUT2D eigenvalue weighted by molar-refractivity contribution is -0.137. The van der Waals surface area contributed by atoms with Crippen molar-refractivity contribution < 1.29 is 39.9 Å². The van der Waals surface area contributed by atoms with Crippen molar-refractivity contribution in [3.05, 3.63) is 64.7 Å². The zero-order valence-electron chi connectivity index (χ0n) is 24.3. The number of aliphatic imine (C=N–C) groups is 1. The van der Waals surface area contributed by atoms with Gasteiger partial charge in [0.15, 0.2) is 9.84 Å². The molecule has 240 valence electrons. The van der Waals surface area contributed by atoms with Gasteiger partial charge in [0.25, 0.3) is 5.91 Å². The summed E-state index contributed by atoms with van der Waals surface area (Å²) >= 11 is 0. The Kier molecular flexibility index (Phi) is 9.02. The molecule has 1 amide bonds. The number of aryl methyl sites for hydroxylation is 2. The van der Waals surface area contributed by atoms with E-state index in [4.69, 9.17) is 0 Å². The van der Waals surface area contributed by atoms with Gasteiger partial charge in [0.2, 0.25) is 10.0 Å². The van der Waals surface area contributed by atoms with Crippen LogP contribution in [0.25, 0.3) is 0 Å². The summed E-state index contributed by atoms with van der Waals surface area (Å²) in [5.74, 6) is -0.607. The van der Waals surface area contributed by atoms with Crippen LogP contribution >= 0.6 is 0 Å². The van der Waals surface area contributed by atoms with E-state index in [2.05, 4.69) is 10.3 Å². The summed E-state index contributed by atoms with van der Waals surface area (Å²) in [6.07, 6.45) is -2.01. The predicted octanol–water partition coefficient (Wildman–Crippen LogP) is 3.62. The minimum atomic E-state index is -4.55. The highest BCUT2D eigenvalue weighted by atomic mass is 32.2. The number of piperidine rings is 1. The van der Waals surface area contributed by atoms with Crippen LogP contribution in [0.15, 0.2) is 52.4 Å². The number of halogens is 3. The number of aliphatic hydroxyl groups is 1. The molecule has 1 spiro atoms. The molecule has 5 rings (SSSR count). The number of rotatable bonds is 8. The summed E-state index contributed by atoms with van der Waals surface area (Å²) in [6.45, 7) is 1.81. The van der Waals surface area contributed by atoms with Crippen LogP contribution < -0.4 is 5.32 Å². The van der Waals surface area contributed by atoms with E-state index in [-0.39, 0.29) is 72.2 Å². The van der Waals surface area contributed by atoms with E-state index < -0.39 is 43.0 Å². The SMILES string of the molecule is Cc1cc(S(=O)(=O)CC2CCC(O)CC2)ccc1CCS(=O)(=O)N1CCC2(CC1)N=C(c1cccc(C(F)(F)F)c1)NC2=O. The Bertz CT molecular complexity index is 1660. The molecule has 3 aliphatic rings. The summed E-state index contributed by atoms with van der Waals surface area (Å²) in [7, 11) is -7.25. The van der Waals surface area contributed by atoms with Crippen LogP contribution in [-0.4, -0.2) is 74.2 Å². The average Bonchev–Trinajstić information content (AvgIpc) is 3.28. The Morgan fingerprint density at radius 3 is 2.34 bits per heavy atom. The van der Waals surface area contributed by atoms with E-state index in [1.54, 1.807) is 19.1 Å². The van der Waals surface area contributed by atoms with Crippen LogP contribution in [-0.2, 0) is 37.3 Å². The molecule has 0 aromatic heterocycles. The molecule has 9 nitrogen and oxygen atoms in total. The van der Waals surface area contributed by atoms with E-state index in [1.807, 2.05) is 0 Å². The topological polar surface area (TPSA) is 133 Å². The molecular weight excluding hydrogens is 619 g/mol. The van der Waals surface area contributed by atoms with Gasteiger partial charge >= 0.3 is 6.18 Å². The number of amidine groups is 1. The zero-order chi connectivity index (χ0) is 31.9. The number of amides is 1. The molecule has 2 aromatic carbocycles. The molecule has 14 heteroatoms. The fourth-order valence-electron chi connectivity index (χ4n) is 6.20. The van der Waals surface area contributed by atoms with E-state index in [9.17, 15) is 39.9 Å². The second kappa shape index (κ2) is 12.2. The molecule has 2 fully saturated rings. The lowest BCUT2D eigenvalue weighted by Crippen LogP contribution is -2.50. The van der Waals surface area contributed by atoms with Gasteiger partial charge in [-0.15, -0.1) is 0 Å². The number of hydrogen-bond acceptors (Lipinski definition) is 7. The summed E-state index contributed by atoms with van der Waals surface area (Å²) < 4.78 is 93.2. The van der Waals surface area contributed by atoms with Crippen LogP contribution in [0.3, 0.4) is 0 Å². The van der Waals surface area contributed by atoms with Gasteiger partial charge in [-0.05, 0) is 93.2 Å². The van der Waals surface area contributed by atoms with Gasteiger partial charge in [-0.25, -0.2) is 21.1 Å². The lowest BCUT2D eigenvalue weighted by atomic mass is 9.89. The maximum atomic E-state index is 13.2. The molecule has 2 N–H and O–H groups in total. The molecule has 1 aliphatic carbocycles. The molecule has 1 saturated carbocycles. The average molecular weight is 656 g/mol. The molecule has 0 radical (unpaired) electrons.